The first-order chi connectivity index (χ1) is 15.4. The normalized spacial score (nSPS) is 15.9. The molecule has 1 aromatic heterocycles. The van der Waals surface area contributed by atoms with Crippen molar-refractivity contribution in [1.29, 1.82) is 0 Å². The first-order valence-electron chi connectivity index (χ1n) is 10.6. The summed E-state index contributed by atoms with van der Waals surface area (Å²) in [5, 5.41) is 11.2. The number of nitrogens with zero attached hydrogens (tertiary/aromatic N) is 3. The highest BCUT2D eigenvalue weighted by molar-refractivity contribution is 7.99. The van der Waals surface area contributed by atoms with Gasteiger partial charge in [0, 0.05) is 29.0 Å². The number of rotatable bonds is 6. The molecule has 1 aliphatic rings. The average molecular weight is 451 g/mol. The van der Waals surface area contributed by atoms with Crippen molar-refractivity contribution in [2.45, 2.75) is 26.8 Å². The van der Waals surface area contributed by atoms with Crippen molar-refractivity contribution in [2.24, 2.45) is 5.92 Å². The minimum absolute atomic E-state index is 0.0943. The highest BCUT2D eigenvalue weighted by Crippen LogP contribution is 2.26. The summed E-state index contributed by atoms with van der Waals surface area (Å²) in [4.78, 5) is 27.2. The van der Waals surface area contributed by atoms with Gasteiger partial charge in [0.15, 0.2) is 0 Å². The number of thioether (sulfide) groups is 1. The molecule has 2 amide bonds. The van der Waals surface area contributed by atoms with Crippen molar-refractivity contribution < 1.29 is 14.0 Å². The van der Waals surface area contributed by atoms with E-state index in [2.05, 4.69) is 15.5 Å². The number of nitrogens with one attached hydrogen (secondary N) is 1. The van der Waals surface area contributed by atoms with Crippen molar-refractivity contribution in [3.05, 3.63) is 59.7 Å². The summed E-state index contributed by atoms with van der Waals surface area (Å²) >= 11 is 1.59. The lowest BCUT2D eigenvalue weighted by Gasteiger charge is -2.23. The third-order valence-corrected chi connectivity index (χ3v) is 6.24. The van der Waals surface area contributed by atoms with Crippen LogP contribution in [0.1, 0.15) is 29.8 Å². The highest BCUT2D eigenvalue weighted by Gasteiger charge is 2.35. The molecule has 1 saturated heterocycles. The van der Waals surface area contributed by atoms with Gasteiger partial charge in [-0.2, -0.15) is 0 Å². The van der Waals surface area contributed by atoms with Crippen LogP contribution >= 0.6 is 11.8 Å². The van der Waals surface area contributed by atoms with Gasteiger partial charge >= 0.3 is 0 Å². The highest BCUT2D eigenvalue weighted by atomic mass is 32.2. The van der Waals surface area contributed by atoms with Gasteiger partial charge in [0.2, 0.25) is 17.7 Å². The summed E-state index contributed by atoms with van der Waals surface area (Å²) in [6.45, 7) is 6.71. The molecule has 0 radical (unpaired) electrons. The second-order valence-electron chi connectivity index (χ2n) is 8.29. The SMILES string of the molecule is Cc1ccc(-c2nnc(-c3ccc(C(=O)N4CSCC4C(=O)NCC(C)C)cc3)o2)cc1. The topological polar surface area (TPSA) is 88.3 Å². The molecule has 32 heavy (non-hydrogen) atoms. The molecule has 8 heteroatoms. The van der Waals surface area contributed by atoms with E-state index in [0.717, 1.165) is 16.7 Å². The van der Waals surface area contributed by atoms with E-state index >= 15 is 0 Å². The van der Waals surface area contributed by atoms with Gasteiger partial charge < -0.3 is 14.6 Å². The molecule has 1 unspecified atom stereocenters. The van der Waals surface area contributed by atoms with Crippen LogP contribution in [0.15, 0.2) is 52.9 Å². The number of hydrogen-bond acceptors (Lipinski definition) is 6. The standard InChI is InChI=1S/C24H26N4O3S/c1-15(2)12-25-21(29)20-13-32-14-28(20)24(30)19-10-8-18(9-11-19)23-27-26-22(31-23)17-6-4-16(3)5-7-17/h4-11,15,20H,12-14H2,1-3H3,(H,25,29). The Bertz CT molecular complexity index is 1090. The van der Waals surface area contributed by atoms with E-state index in [-0.39, 0.29) is 11.8 Å². The Morgan fingerprint density at radius 2 is 1.66 bits per heavy atom. The first-order valence-corrected chi connectivity index (χ1v) is 11.7. The second kappa shape index (κ2) is 9.56. The third-order valence-electron chi connectivity index (χ3n) is 5.23. The Balaban J connectivity index is 1.46. The molecule has 166 valence electrons. The molecule has 1 atom stereocenters. The number of carbonyl (C=O) groups is 2. The average Bonchev–Trinajstić information content (AvgIpc) is 3.48. The lowest BCUT2D eigenvalue weighted by Crippen LogP contribution is -2.47. The number of aromatic nitrogens is 2. The smallest absolute Gasteiger partial charge is 0.255 e. The van der Waals surface area contributed by atoms with Gasteiger partial charge in [0.1, 0.15) is 6.04 Å². The Morgan fingerprint density at radius 1 is 1.06 bits per heavy atom. The van der Waals surface area contributed by atoms with Gasteiger partial charge in [0.05, 0.1) is 5.88 Å². The van der Waals surface area contributed by atoms with E-state index < -0.39 is 6.04 Å². The van der Waals surface area contributed by atoms with E-state index in [0.29, 0.717) is 41.4 Å². The van der Waals surface area contributed by atoms with E-state index in [4.69, 9.17) is 4.42 Å². The van der Waals surface area contributed by atoms with Gasteiger partial charge in [0.25, 0.3) is 5.91 Å². The van der Waals surface area contributed by atoms with Gasteiger partial charge in [-0.25, -0.2) is 0 Å². The maximum absolute atomic E-state index is 13.0. The summed E-state index contributed by atoms with van der Waals surface area (Å²) < 4.78 is 5.82. The molecule has 1 aliphatic heterocycles. The molecule has 3 aromatic rings. The number of aryl methyl sites for hydroxylation is 1. The molecule has 0 spiro atoms. The summed E-state index contributed by atoms with van der Waals surface area (Å²) in [5.74, 6) is 2.06. The zero-order chi connectivity index (χ0) is 22.7. The molecular weight excluding hydrogens is 424 g/mol. The fourth-order valence-corrected chi connectivity index (χ4v) is 4.51. The molecule has 0 aliphatic carbocycles. The second-order valence-corrected chi connectivity index (χ2v) is 9.29. The number of hydrogen-bond donors (Lipinski definition) is 1. The quantitative estimate of drug-likeness (QED) is 0.611. The third kappa shape index (κ3) is 4.85. The molecule has 4 rings (SSSR count). The number of benzene rings is 2. The lowest BCUT2D eigenvalue weighted by molar-refractivity contribution is -0.124. The van der Waals surface area contributed by atoms with Crippen LogP contribution in [-0.2, 0) is 4.79 Å². The number of amides is 2. The minimum atomic E-state index is -0.445. The molecular formula is C24H26N4O3S. The molecule has 0 bridgehead atoms. The summed E-state index contributed by atoms with van der Waals surface area (Å²) in [6.07, 6.45) is 0. The van der Waals surface area contributed by atoms with Gasteiger partial charge in [-0.1, -0.05) is 31.5 Å². The van der Waals surface area contributed by atoms with Crippen LogP contribution in [-0.4, -0.2) is 51.1 Å². The van der Waals surface area contributed by atoms with Gasteiger partial charge in [-0.3, -0.25) is 9.59 Å². The van der Waals surface area contributed by atoms with E-state index in [1.807, 2.05) is 45.0 Å². The summed E-state index contributed by atoms with van der Waals surface area (Å²) in [5.41, 5.74) is 3.27. The van der Waals surface area contributed by atoms with Crippen molar-refractivity contribution >= 4 is 23.6 Å². The van der Waals surface area contributed by atoms with Crippen LogP contribution < -0.4 is 5.32 Å². The molecule has 2 heterocycles. The first kappa shape index (κ1) is 22.1. The predicted octanol–water partition coefficient (Wildman–Crippen LogP) is 4.00. The molecule has 0 saturated carbocycles. The van der Waals surface area contributed by atoms with Crippen LogP contribution in [0.4, 0.5) is 0 Å². The van der Waals surface area contributed by atoms with Crippen LogP contribution in [0.25, 0.3) is 22.9 Å². The Kier molecular flexibility index (Phi) is 6.60. The van der Waals surface area contributed by atoms with Crippen LogP contribution in [0, 0.1) is 12.8 Å². The zero-order valence-corrected chi connectivity index (χ0v) is 19.2. The van der Waals surface area contributed by atoms with E-state index in [1.54, 1.807) is 40.9 Å². The largest absolute Gasteiger partial charge is 0.416 e. The molecule has 1 N–H and O–H groups in total. The maximum Gasteiger partial charge on any atom is 0.255 e. The van der Waals surface area contributed by atoms with E-state index in [1.165, 1.54) is 0 Å². The predicted molar refractivity (Wildman–Crippen MR) is 125 cm³/mol. The summed E-state index contributed by atoms with van der Waals surface area (Å²) in [7, 11) is 0. The zero-order valence-electron chi connectivity index (χ0n) is 18.4. The van der Waals surface area contributed by atoms with Crippen LogP contribution in [0.3, 0.4) is 0 Å². The lowest BCUT2D eigenvalue weighted by atomic mass is 10.1. The fourth-order valence-electron chi connectivity index (χ4n) is 3.36. The summed E-state index contributed by atoms with van der Waals surface area (Å²) in [6, 6.07) is 14.5. The Morgan fingerprint density at radius 3 is 2.25 bits per heavy atom. The van der Waals surface area contributed by atoms with Crippen LogP contribution in [0.5, 0.6) is 0 Å². The Labute approximate surface area is 191 Å². The molecule has 2 aromatic carbocycles. The van der Waals surface area contributed by atoms with Crippen molar-refractivity contribution in [2.75, 3.05) is 18.2 Å². The fraction of sp³-hybridized carbons (Fsp3) is 0.333. The number of carbonyl (C=O) groups excluding carboxylic acids is 2. The van der Waals surface area contributed by atoms with Crippen molar-refractivity contribution in [3.8, 4) is 22.9 Å². The van der Waals surface area contributed by atoms with E-state index in [9.17, 15) is 9.59 Å². The molecule has 1 fully saturated rings. The van der Waals surface area contributed by atoms with Crippen molar-refractivity contribution in [3.63, 3.8) is 0 Å². The van der Waals surface area contributed by atoms with Crippen molar-refractivity contribution in [1.82, 2.24) is 20.4 Å². The maximum atomic E-state index is 13.0. The monoisotopic (exact) mass is 450 g/mol. The van der Waals surface area contributed by atoms with Crippen LogP contribution in [0.2, 0.25) is 0 Å². The molecule has 7 nitrogen and oxygen atoms in total. The van der Waals surface area contributed by atoms with Gasteiger partial charge in [-0.15, -0.1) is 22.0 Å². The Hall–Kier alpha value is -3.13. The minimum Gasteiger partial charge on any atom is -0.416 e. The van der Waals surface area contributed by atoms with Gasteiger partial charge in [-0.05, 0) is 49.2 Å².